The monoisotopic (exact) mass is 281 g/mol. The Morgan fingerprint density at radius 1 is 1.15 bits per heavy atom. The van der Waals surface area contributed by atoms with Gasteiger partial charge in [0, 0.05) is 12.6 Å². The van der Waals surface area contributed by atoms with Crippen LogP contribution < -0.4 is 10.5 Å². The van der Waals surface area contributed by atoms with E-state index in [2.05, 4.69) is 13.8 Å². The van der Waals surface area contributed by atoms with Crippen molar-refractivity contribution >= 4 is 0 Å². The lowest BCUT2D eigenvalue weighted by molar-refractivity contribution is 0.0113. The number of unbranched alkanes of at least 4 members (excludes halogenated alkanes) is 1. The first-order chi connectivity index (χ1) is 9.67. The minimum atomic E-state index is -0.593. The Hall–Kier alpha value is -1.10. The fourth-order valence-electron chi connectivity index (χ4n) is 1.75. The van der Waals surface area contributed by atoms with Crippen LogP contribution in [-0.4, -0.2) is 31.0 Å². The number of hydrogen-bond donors (Lipinski definition) is 2. The van der Waals surface area contributed by atoms with Gasteiger partial charge in [0.05, 0.1) is 6.61 Å². The molecule has 0 radical (unpaired) electrons. The van der Waals surface area contributed by atoms with E-state index in [1.807, 2.05) is 24.3 Å². The van der Waals surface area contributed by atoms with Gasteiger partial charge in [0.1, 0.15) is 18.5 Å². The van der Waals surface area contributed by atoms with Gasteiger partial charge in [-0.05, 0) is 30.5 Å². The molecule has 0 saturated heterocycles. The number of aliphatic hydroxyl groups is 1. The van der Waals surface area contributed by atoms with Crippen molar-refractivity contribution in [3.8, 4) is 5.75 Å². The van der Waals surface area contributed by atoms with E-state index in [9.17, 15) is 5.11 Å². The number of ether oxygens (including phenoxy) is 2. The van der Waals surface area contributed by atoms with Crippen LogP contribution in [0.15, 0.2) is 24.3 Å². The van der Waals surface area contributed by atoms with Crippen LogP contribution in [-0.2, 0) is 4.74 Å². The van der Waals surface area contributed by atoms with Crippen molar-refractivity contribution in [3.63, 3.8) is 0 Å². The molecule has 0 aliphatic heterocycles. The predicted molar refractivity (Wildman–Crippen MR) is 80.9 cm³/mol. The zero-order chi connectivity index (χ0) is 14.8. The van der Waals surface area contributed by atoms with Gasteiger partial charge in [0.2, 0.25) is 0 Å². The molecular formula is C16H27NO3. The first kappa shape index (κ1) is 17.0. The molecule has 0 bridgehead atoms. The molecular weight excluding hydrogens is 254 g/mol. The van der Waals surface area contributed by atoms with Crippen molar-refractivity contribution in [2.24, 2.45) is 5.73 Å². The van der Waals surface area contributed by atoms with Crippen molar-refractivity contribution in [1.29, 1.82) is 0 Å². The van der Waals surface area contributed by atoms with Gasteiger partial charge in [0.25, 0.3) is 0 Å². The van der Waals surface area contributed by atoms with Crippen LogP contribution in [0.25, 0.3) is 0 Å². The summed E-state index contributed by atoms with van der Waals surface area (Å²) in [5.41, 5.74) is 7.05. The van der Waals surface area contributed by atoms with E-state index in [0.29, 0.717) is 13.2 Å². The molecule has 0 amide bonds. The van der Waals surface area contributed by atoms with Crippen LogP contribution in [0, 0.1) is 0 Å². The highest BCUT2D eigenvalue weighted by atomic mass is 16.5. The molecule has 1 rings (SSSR count). The summed E-state index contributed by atoms with van der Waals surface area (Å²) in [6.07, 6.45) is 2.43. The second-order valence-corrected chi connectivity index (χ2v) is 4.98. The molecule has 0 fully saturated rings. The smallest absolute Gasteiger partial charge is 0.119 e. The molecule has 3 N–H and O–H groups in total. The molecule has 4 nitrogen and oxygen atoms in total. The normalized spacial score (nSPS) is 14.0. The maximum absolute atomic E-state index is 9.72. The lowest BCUT2D eigenvalue weighted by Crippen LogP contribution is -2.23. The van der Waals surface area contributed by atoms with E-state index >= 15 is 0 Å². The largest absolute Gasteiger partial charge is 0.491 e. The highest BCUT2D eigenvalue weighted by Crippen LogP contribution is 2.18. The number of hydrogen-bond acceptors (Lipinski definition) is 4. The van der Waals surface area contributed by atoms with Gasteiger partial charge >= 0.3 is 0 Å². The second-order valence-electron chi connectivity index (χ2n) is 4.98. The van der Waals surface area contributed by atoms with E-state index in [4.69, 9.17) is 15.2 Å². The van der Waals surface area contributed by atoms with Gasteiger partial charge in [-0.3, -0.25) is 0 Å². The summed E-state index contributed by atoms with van der Waals surface area (Å²) in [7, 11) is 0. The van der Waals surface area contributed by atoms with Gasteiger partial charge in [-0.15, -0.1) is 0 Å². The quantitative estimate of drug-likeness (QED) is 0.647. The Balaban J connectivity index is 2.27. The molecule has 1 aromatic carbocycles. The lowest BCUT2D eigenvalue weighted by atomic mass is 10.1. The predicted octanol–water partition coefficient (Wildman–Crippen LogP) is 2.65. The maximum Gasteiger partial charge on any atom is 0.119 e. The van der Waals surface area contributed by atoms with E-state index in [0.717, 1.165) is 30.6 Å². The van der Waals surface area contributed by atoms with Gasteiger partial charge in [-0.1, -0.05) is 32.4 Å². The minimum Gasteiger partial charge on any atom is -0.491 e. The Morgan fingerprint density at radius 2 is 1.85 bits per heavy atom. The van der Waals surface area contributed by atoms with E-state index in [-0.39, 0.29) is 12.6 Å². The Bertz CT molecular complexity index is 353. The molecule has 114 valence electrons. The highest BCUT2D eigenvalue weighted by Gasteiger charge is 2.07. The van der Waals surface area contributed by atoms with Gasteiger partial charge in [-0.2, -0.15) is 0 Å². The molecule has 0 aromatic heterocycles. The summed E-state index contributed by atoms with van der Waals surface area (Å²) in [6, 6.07) is 7.77. The topological polar surface area (TPSA) is 64.7 Å². The zero-order valence-corrected chi connectivity index (χ0v) is 12.5. The average molecular weight is 281 g/mol. The third kappa shape index (κ3) is 6.37. The number of rotatable bonds is 10. The van der Waals surface area contributed by atoms with E-state index in [1.54, 1.807) is 0 Å². The summed E-state index contributed by atoms with van der Waals surface area (Å²) in [4.78, 5) is 0. The molecule has 20 heavy (non-hydrogen) atoms. The fraction of sp³-hybridized carbons (Fsp3) is 0.625. The van der Waals surface area contributed by atoms with Crippen molar-refractivity contribution in [3.05, 3.63) is 29.8 Å². The summed E-state index contributed by atoms with van der Waals surface area (Å²) >= 11 is 0. The standard InChI is InChI=1S/C16H27NO3/c1-3-5-10-19-11-14(18)12-20-15-8-6-13(7-9-15)16(17)4-2/h6-9,14,16,18H,3-5,10-12,17H2,1-2H3/t14?,16-/m0/s1. The van der Waals surface area contributed by atoms with Crippen molar-refractivity contribution in [1.82, 2.24) is 0 Å². The van der Waals surface area contributed by atoms with Crippen molar-refractivity contribution < 1.29 is 14.6 Å². The molecule has 0 saturated carbocycles. The summed E-state index contributed by atoms with van der Waals surface area (Å²) in [5.74, 6) is 0.740. The first-order valence-electron chi connectivity index (χ1n) is 7.41. The SMILES string of the molecule is CCCCOCC(O)COc1ccc([C@@H](N)CC)cc1. The minimum absolute atomic E-state index is 0.0709. The van der Waals surface area contributed by atoms with Crippen LogP contribution in [0.2, 0.25) is 0 Å². The number of aliphatic hydroxyl groups excluding tert-OH is 1. The van der Waals surface area contributed by atoms with Crippen LogP contribution >= 0.6 is 0 Å². The number of nitrogens with two attached hydrogens (primary N) is 1. The van der Waals surface area contributed by atoms with Crippen LogP contribution in [0.1, 0.15) is 44.7 Å². The summed E-state index contributed by atoms with van der Waals surface area (Å²) in [5, 5.41) is 9.72. The van der Waals surface area contributed by atoms with Crippen LogP contribution in [0.3, 0.4) is 0 Å². The Morgan fingerprint density at radius 3 is 2.45 bits per heavy atom. The highest BCUT2D eigenvalue weighted by molar-refractivity contribution is 5.28. The molecule has 2 atom stereocenters. The number of benzene rings is 1. The molecule has 1 aromatic rings. The van der Waals surface area contributed by atoms with Crippen LogP contribution in [0.4, 0.5) is 0 Å². The van der Waals surface area contributed by atoms with Gasteiger partial charge in [0.15, 0.2) is 0 Å². The zero-order valence-electron chi connectivity index (χ0n) is 12.5. The second kappa shape index (κ2) is 9.75. The Labute approximate surface area is 121 Å². The van der Waals surface area contributed by atoms with Crippen molar-refractivity contribution in [2.75, 3.05) is 19.8 Å². The van der Waals surface area contributed by atoms with Crippen molar-refractivity contribution in [2.45, 2.75) is 45.3 Å². The first-order valence-corrected chi connectivity index (χ1v) is 7.41. The molecule has 1 unspecified atom stereocenters. The Kier molecular flexibility index (Phi) is 8.26. The third-order valence-corrected chi connectivity index (χ3v) is 3.14. The van der Waals surface area contributed by atoms with Gasteiger partial charge < -0.3 is 20.3 Å². The molecule has 0 aliphatic rings. The van der Waals surface area contributed by atoms with E-state index in [1.165, 1.54) is 0 Å². The average Bonchev–Trinajstić information content (AvgIpc) is 2.49. The van der Waals surface area contributed by atoms with Gasteiger partial charge in [-0.25, -0.2) is 0 Å². The summed E-state index contributed by atoms with van der Waals surface area (Å²) < 4.78 is 10.9. The lowest BCUT2D eigenvalue weighted by Gasteiger charge is -2.14. The summed E-state index contributed by atoms with van der Waals surface area (Å²) in [6.45, 7) is 5.42. The third-order valence-electron chi connectivity index (χ3n) is 3.14. The molecule has 4 heteroatoms. The molecule has 0 heterocycles. The molecule has 0 aliphatic carbocycles. The van der Waals surface area contributed by atoms with E-state index < -0.39 is 6.10 Å². The maximum atomic E-state index is 9.72. The fourth-order valence-corrected chi connectivity index (χ4v) is 1.75. The molecule has 0 spiro atoms. The van der Waals surface area contributed by atoms with Crippen LogP contribution in [0.5, 0.6) is 5.75 Å².